The van der Waals surface area contributed by atoms with E-state index < -0.39 is 0 Å². The Balaban J connectivity index is 1.85. The van der Waals surface area contributed by atoms with Crippen LogP contribution in [0.1, 0.15) is 12.0 Å². The number of nitrogens with zero attached hydrogens (tertiary/aromatic N) is 1. The van der Waals surface area contributed by atoms with Crippen LogP contribution < -0.4 is 5.73 Å². The molecular weight excluding hydrogens is 215 g/mol. The van der Waals surface area contributed by atoms with Crippen molar-refractivity contribution in [2.24, 2.45) is 11.7 Å². The first kappa shape index (κ1) is 12.3. The summed E-state index contributed by atoms with van der Waals surface area (Å²) >= 11 is 0. The third kappa shape index (κ3) is 3.65. The summed E-state index contributed by atoms with van der Waals surface area (Å²) < 4.78 is 13.0. The molecule has 0 saturated heterocycles. The number of nitrogens with two attached hydrogens (primary N) is 1. The summed E-state index contributed by atoms with van der Waals surface area (Å²) in [5.74, 6) is 0.363. The van der Waals surface area contributed by atoms with Crippen LogP contribution in [0, 0.1) is 11.7 Å². The van der Waals surface area contributed by atoms with Gasteiger partial charge in [-0.1, -0.05) is 24.3 Å². The van der Waals surface area contributed by atoms with Gasteiger partial charge in [-0.15, -0.1) is 0 Å². The van der Waals surface area contributed by atoms with E-state index in [1.165, 1.54) is 6.07 Å². The zero-order valence-electron chi connectivity index (χ0n) is 10.1. The van der Waals surface area contributed by atoms with E-state index in [1.807, 2.05) is 6.07 Å². The van der Waals surface area contributed by atoms with E-state index in [4.69, 9.17) is 5.73 Å². The molecule has 3 heteroatoms. The molecule has 92 valence electrons. The molecule has 0 fully saturated rings. The lowest BCUT2D eigenvalue weighted by Gasteiger charge is -2.20. The topological polar surface area (TPSA) is 29.3 Å². The van der Waals surface area contributed by atoms with Gasteiger partial charge in [0.05, 0.1) is 0 Å². The van der Waals surface area contributed by atoms with E-state index in [0.29, 0.717) is 5.92 Å². The summed E-state index contributed by atoms with van der Waals surface area (Å²) in [5.41, 5.74) is 6.83. The molecule has 2 N–H and O–H groups in total. The molecule has 2 atom stereocenters. The molecule has 0 spiro atoms. The van der Waals surface area contributed by atoms with Crippen LogP contribution in [-0.2, 0) is 6.54 Å². The first-order valence-electron chi connectivity index (χ1n) is 6.00. The number of halogens is 1. The molecule has 0 aromatic heterocycles. The molecule has 1 aliphatic carbocycles. The van der Waals surface area contributed by atoms with Crippen molar-refractivity contribution >= 4 is 0 Å². The van der Waals surface area contributed by atoms with Crippen molar-refractivity contribution in [1.82, 2.24) is 4.90 Å². The normalized spacial score (nSPS) is 23.5. The molecule has 0 bridgehead atoms. The lowest BCUT2D eigenvalue weighted by atomic mass is 10.1. The molecule has 0 amide bonds. The van der Waals surface area contributed by atoms with Crippen molar-refractivity contribution in [2.75, 3.05) is 13.6 Å². The van der Waals surface area contributed by atoms with Gasteiger partial charge < -0.3 is 10.6 Å². The van der Waals surface area contributed by atoms with E-state index >= 15 is 0 Å². The molecule has 2 nitrogen and oxygen atoms in total. The fourth-order valence-electron chi connectivity index (χ4n) is 2.35. The van der Waals surface area contributed by atoms with Gasteiger partial charge in [-0.25, -0.2) is 4.39 Å². The van der Waals surface area contributed by atoms with Crippen LogP contribution in [0.4, 0.5) is 4.39 Å². The second kappa shape index (κ2) is 5.43. The molecule has 1 aromatic carbocycles. The van der Waals surface area contributed by atoms with Crippen molar-refractivity contribution in [1.29, 1.82) is 0 Å². The first-order valence-corrected chi connectivity index (χ1v) is 6.00. The van der Waals surface area contributed by atoms with Crippen molar-refractivity contribution in [3.8, 4) is 0 Å². The van der Waals surface area contributed by atoms with Crippen LogP contribution in [-0.4, -0.2) is 24.5 Å². The van der Waals surface area contributed by atoms with Gasteiger partial charge >= 0.3 is 0 Å². The minimum absolute atomic E-state index is 0.168. The number of hydrogen-bond acceptors (Lipinski definition) is 2. The van der Waals surface area contributed by atoms with Crippen molar-refractivity contribution in [2.45, 2.75) is 19.0 Å². The predicted molar refractivity (Wildman–Crippen MR) is 68.0 cm³/mol. The maximum atomic E-state index is 13.0. The van der Waals surface area contributed by atoms with Crippen molar-refractivity contribution < 1.29 is 4.39 Å². The monoisotopic (exact) mass is 234 g/mol. The van der Waals surface area contributed by atoms with E-state index in [-0.39, 0.29) is 11.9 Å². The zero-order valence-corrected chi connectivity index (χ0v) is 10.1. The van der Waals surface area contributed by atoms with Gasteiger partial charge in [-0.2, -0.15) is 0 Å². The van der Waals surface area contributed by atoms with Crippen LogP contribution >= 0.6 is 0 Å². The Hall–Kier alpha value is -1.19. The van der Waals surface area contributed by atoms with Gasteiger partial charge in [0.2, 0.25) is 0 Å². The minimum atomic E-state index is -0.168. The average molecular weight is 234 g/mol. The quantitative estimate of drug-likeness (QED) is 0.809. The highest BCUT2D eigenvalue weighted by molar-refractivity contribution is 5.16. The minimum Gasteiger partial charge on any atom is -0.324 e. The number of rotatable bonds is 4. The SMILES string of the molecule is CN(Cc1cccc(F)c1)CC1C=CC(N)C1. The standard InChI is InChI=1S/C14H19FN2/c1-17(10-12-5-6-14(16)8-12)9-11-3-2-4-13(15)7-11/h2-7,12,14H,8-10,16H2,1H3. The van der Waals surface area contributed by atoms with Crippen LogP contribution in [0.3, 0.4) is 0 Å². The molecular formula is C14H19FN2. The fraction of sp³-hybridized carbons (Fsp3) is 0.429. The maximum Gasteiger partial charge on any atom is 0.123 e. The summed E-state index contributed by atoms with van der Waals surface area (Å²) in [6.45, 7) is 1.75. The Morgan fingerprint density at radius 2 is 2.24 bits per heavy atom. The highest BCUT2D eigenvalue weighted by Gasteiger charge is 2.17. The highest BCUT2D eigenvalue weighted by Crippen LogP contribution is 2.18. The third-order valence-corrected chi connectivity index (χ3v) is 3.09. The van der Waals surface area contributed by atoms with Gasteiger partial charge in [-0.3, -0.25) is 0 Å². The van der Waals surface area contributed by atoms with Crippen LogP contribution in [0.5, 0.6) is 0 Å². The second-order valence-corrected chi connectivity index (χ2v) is 4.87. The van der Waals surface area contributed by atoms with E-state index in [0.717, 1.165) is 25.1 Å². The van der Waals surface area contributed by atoms with E-state index in [2.05, 4.69) is 24.1 Å². The fourth-order valence-corrected chi connectivity index (χ4v) is 2.35. The van der Waals surface area contributed by atoms with Crippen molar-refractivity contribution in [3.63, 3.8) is 0 Å². The Morgan fingerprint density at radius 1 is 1.41 bits per heavy atom. The van der Waals surface area contributed by atoms with Gasteiger partial charge in [-0.05, 0) is 37.1 Å². The van der Waals surface area contributed by atoms with Gasteiger partial charge in [0.1, 0.15) is 5.82 Å². The summed E-state index contributed by atoms with van der Waals surface area (Å²) in [5, 5.41) is 0. The van der Waals surface area contributed by atoms with Crippen LogP contribution in [0.25, 0.3) is 0 Å². The Morgan fingerprint density at radius 3 is 2.88 bits per heavy atom. The highest BCUT2D eigenvalue weighted by atomic mass is 19.1. The largest absolute Gasteiger partial charge is 0.324 e. The summed E-state index contributed by atoms with van der Waals surface area (Å²) in [4.78, 5) is 2.21. The van der Waals surface area contributed by atoms with Crippen LogP contribution in [0.15, 0.2) is 36.4 Å². The van der Waals surface area contributed by atoms with Gasteiger partial charge in [0.25, 0.3) is 0 Å². The lowest BCUT2D eigenvalue weighted by Crippen LogP contribution is -2.25. The maximum absolute atomic E-state index is 13.0. The number of hydrogen-bond donors (Lipinski definition) is 1. The first-order chi connectivity index (χ1) is 8.13. The average Bonchev–Trinajstić information content (AvgIpc) is 2.63. The summed E-state index contributed by atoms with van der Waals surface area (Å²) in [6.07, 6.45) is 5.28. The molecule has 0 saturated carbocycles. The molecule has 2 rings (SSSR count). The molecule has 2 unspecified atom stereocenters. The lowest BCUT2D eigenvalue weighted by molar-refractivity contribution is 0.288. The Kier molecular flexibility index (Phi) is 3.92. The van der Waals surface area contributed by atoms with Gasteiger partial charge in [0, 0.05) is 19.1 Å². The second-order valence-electron chi connectivity index (χ2n) is 4.87. The predicted octanol–water partition coefficient (Wildman–Crippen LogP) is 2.16. The molecule has 0 heterocycles. The van der Waals surface area contributed by atoms with Crippen molar-refractivity contribution in [3.05, 3.63) is 47.8 Å². The molecule has 17 heavy (non-hydrogen) atoms. The summed E-state index contributed by atoms with van der Waals surface area (Å²) in [7, 11) is 2.06. The molecule has 0 radical (unpaired) electrons. The molecule has 0 aliphatic heterocycles. The Labute approximate surface area is 102 Å². The molecule has 1 aromatic rings. The third-order valence-electron chi connectivity index (χ3n) is 3.09. The van der Waals surface area contributed by atoms with Gasteiger partial charge in [0.15, 0.2) is 0 Å². The van der Waals surface area contributed by atoms with E-state index in [1.54, 1.807) is 12.1 Å². The smallest absolute Gasteiger partial charge is 0.123 e. The summed E-state index contributed by atoms with van der Waals surface area (Å²) in [6, 6.07) is 6.98. The molecule has 1 aliphatic rings. The zero-order chi connectivity index (χ0) is 12.3. The van der Waals surface area contributed by atoms with E-state index in [9.17, 15) is 4.39 Å². The van der Waals surface area contributed by atoms with Crippen LogP contribution in [0.2, 0.25) is 0 Å². The Bertz CT molecular complexity index is 403. The number of benzene rings is 1.